The molecular weight excluding hydrogens is 385 g/mol. The van der Waals surface area contributed by atoms with Gasteiger partial charge in [-0.1, -0.05) is 49.6 Å². The van der Waals surface area contributed by atoms with Crippen LogP contribution in [-0.4, -0.2) is 43.3 Å². The van der Waals surface area contributed by atoms with Crippen molar-refractivity contribution in [1.82, 2.24) is 10.6 Å². The van der Waals surface area contributed by atoms with E-state index in [1.165, 1.54) is 0 Å². The van der Waals surface area contributed by atoms with E-state index in [9.17, 15) is 9.59 Å². The number of carbonyl (C=O) groups is 2. The molecule has 2 rings (SSSR count). The van der Waals surface area contributed by atoms with Gasteiger partial charge in [0.25, 0.3) is 0 Å². The van der Waals surface area contributed by atoms with E-state index in [-0.39, 0.29) is 17.8 Å². The summed E-state index contributed by atoms with van der Waals surface area (Å²) in [6.07, 6.45) is 3.67. The summed E-state index contributed by atoms with van der Waals surface area (Å²) in [5, 5.41) is 14.7. The van der Waals surface area contributed by atoms with Crippen LogP contribution in [-0.2, 0) is 20.8 Å². The maximum absolute atomic E-state index is 13.2. The van der Waals surface area contributed by atoms with Gasteiger partial charge in [-0.15, -0.1) is 0 Å². The summed E-state index contributed by atoms with van der Waals surface area (Å²) in [6.45, 7) is 0.726. The molecule has 1 aliphatic rings. The third kappa shape index (κ3) is 7.03. The summed E-state index contributed by atoms with van der Waals surface area (Å²) in [5.41, 5.74) is 10.4. The molecule has 1 aliphatic carbocycles. The second-order valence-corrected chi connectivity index (χ2v) is 7.46. The molecule has 1 saturated carbocycles. The number of hydrogen-bond acceptors (Lipinski definition) is 5. The van der Waals surface area contributed by atoms with E-state index in [1.807, 2.05) is 30.3 Å². The zero-order chi connectivity index (χ0) is 21.8. The van der Waals surface area contributed by atoms with E-state index in [2.05, 4.69) is 15.6 Å². The van der Waals surface area contributed by atoms with Gasteiger partial charge in [0, 0.05) is 13.1 Å². The predicted molar refractivity (Wildman–Crippen MR) is 115 cm³/mol. The van der Waals surface area contributed by atoms with Gasteiger partial charge >= 0.3 is 7.69 Å². The second kappa shape index (κ2) is 12.2. The molecule has 163 valence electrons. The Bertz CT molecular complexity index is 706. The number of carbonyl (C=O) groups excluding carboxylic acids is 2. The minimum atomic E-state index is -1.15. The van der Waals surface area contributed by atoms with Gasteiger partial charge in [-0.3, -0.25) is 14.6 Å². The Labute approximate surface area is 177 Å². The number of nitrogens with zero attached hydrogens (tertiary/aromatic N) is 1. The number of nitrogens with two attached hydrogens (primary N) is 2. The van der Waals surface area contributed by atoms with Crippen LogP contribution in [0.1, 0.15) is 50.5 Å². The van der Waals surface area contributed by atoms with E-state index in [0.717, 1.165) is 24.8 Å². The lowest BCUT2D eigenvalue weighted by molar-refractivity contribution is -0.147. The normalized spacial score (nSPS) is 16.2. The van der Waals surface area contributed by atoms with Gasteiger partial charge in [-0.05, 0) is 31.2 Å². The largest absolute Gasteiger partial charge is 0.486 e. The Morgan fingerprint density at radius 2 is 1.87 bits per heavy atom. The molecule has 0 bridgehead atoms. The lowest BCUT2D eigenvalue weighted by Crippen LogP contribution is -2.54. The molecule has 1 fully saturated rings. The number of rotatable bonds is 11. The van der Waals surface area contributed by atoms with Gasteiger partial charge in [0.1, 0.15) is 11.6 Å². The van der Waals surface area contributed by atoms with Gasteiger partial charge in [-0.2, -0.15) is 0 Å². The second-order valence-electron chi connectivity index (χ2n) is 7.46. The van der Waals surface area contributed by atoms with Crippen LogP contribution in [0.2, 0.25) is 0 Å². The number of amides is 2. The number of benzene rings is 1. The lowest BCUT2D eigenvalue weighted by Gasteiger charge is -2.35. The SMILES string of the molecule is NC(N)=NCCC[C@H](NC(=O)C1(C(=O)NCc2ccccc2)CCCCC1)O[B]O. The first-order valence-electron chi connectivity index (χ1n) is 10.3. The maximum atomic E-state index is 13.2. The molecule has 7 N–H and O–H groups in total. The smallest absolute Gasteiger partial charge is 0.429 e. The fourth-order valence-corrected chi connectivity index (χ4v) is 3.68. The highest BCUT2D eigenvalue weighted by molar-refractivity contribution is 6.16. The molecule has 1 atom stereocenters. The van der Waals surface area contributed by atoms with E-state index >= 15 is 0 Å². The van der Waals surface area contributed by atoms with Crippen LogP contribution in [0.5, 0.6) is 0 Å². The first kappa shape index (κ1) is 23.7. The monoisotopic (exact) mass is 416 g/mol. The van der Waals surface area contributed by atoms with E-state index in [1.54, 1.807) is 0 Å². The number of guanidine groups is 1. The Hall–Kier alpha value is -2.59. The Kier molecular flexibility index (Phi) is 9.63. The third-order valence-corrected chi connectivity index (χ3v) is 5.31. The molecule has 0 saturated heterocycles. The minimum absolute atomic E-state index is 0.0125. The van der Waals surface area contributed by atoms with E-state index in [4.69, 9.17) is 21.1 Å². The van der Waals surface area contributed by atoms with Gasteiger partial charge in [-0.25, -0.2) is 0 Å². The van der Waals surface area contributed by atoms with Crippen molar-refractivity contribution in [2.45, 2.75) is 57.7 Å². The molecule has 30 heavy (non-hydrogen) atoms. The first-order chi connectivity index (χ1) is 14.5. The highest BCUT2D eigenvalue weighted by Gasteiger charge is 2.46. The zero-order valence-electron chi connectivity index (χ0n) is 17.2. The standard InChI is InChI=1S/C20H31BN5O4/c22-19(23)24-13-7-10-16(30-21-29)26-18(28)20(11-5-2-6-12-20)17(27)25-14-15-8-3-1-4-9-15/h1,3-4,8-9,16,29H,2,5-7,10-14H2,(H,25,27)(H,26,28)(H4,22,23,24)/t16-/m1/s1. The van der Waals surface area contributed by atoms with Gasteiger partial charge in [0.2, 0.25) is 11.8 Å². The predicted octanol–water partition coefficient (Wildman–Crippen LogP) is 0.292. The summed E-state index contributed by atoms with van der Waals surface area (Å²) in [7, 11) is 0.536. The van der Waals surface area contributed by atoms with Crippen LogP contribution in [0.3, 0.4) is 0 Å². The maximum Gasteiger partial charge on any atom is 0.486 e. The molecular formula is C20H31BN5O4. The summed E-state index contributed by atoms with van der Waals surface area (Å²) < 4.78 is 5.12. The summed E-state index contributed by atoms with van der Waals surface area (Å²) in [6, 6.07) is 9.56. The van der Waals surface area contributed by atoms with Crippen LogP contribution < -0.4 is 22.1 Å². The molecule has 0 aromatic heterocycles. The average Bonchev–Trinajstić information content (AvgIpc) is 2.76. The van der Waals surface area contributed by atoms with Crippen molar-refractivity contribution in [3.8, 4) is 0 Å². The van der Waals surface area contributed by atoms with Crippen molar-refractivity contribution in [3.63, 3.8) is 0 Å². The van der Waals surface area contributed by atoms with Crippen molar-refractivity contribution in [1.29, 1.82) is 0 Å². The molecule has 1 aromatic rings. The first-order valence-corrected chi connectivity index (χ1v) is 10.3. The Balaban J connectivity index is 2.02. The third-order valence-electron chi connectivity index (χ3n) is 5.31. The average molecular weight is 416 g/mol. The molecule has 9 nitrogen and oxygen atoms in total. The highest BCUT2D eigenvalue weighted by Crippen LogP contribution is 2.37. The number of hydrogen-bond donors (Lipinski definition) is 5. The quantitative estimate of drug-likeness (QED) is 0.0873. The summed E-state index contributed by atoms with van der Waals surface area (Å²) >= 11 is 0. The van der Waals surface area contributed by atoms with Crippen LogP contribution in [0.25, 0.3) is 0 Å². The van der Waals surface area contributed by atoms with Gasteiger partial charge < -0.3 is 31.8 Å². The summed E-state index contributed by atoms with van der Waals surface area (Å²) in [4.78, 5) is 30.2. The molecule has 0 spiro atoms. The van der Waals surface area contributed by atoms with Crippen molar-refractivity contribution in [2.75, 3.05) is 6.54 Å². The van der Waals surface area contributed by atoms with Gasteiger partial charge in [0.05, 0.1) is 0 Å². The molecule has 0 heterocycles. The number of nitrogens with one attached hydrogen (secondary N) is 2. The molecule has 1 radical (unpaired) electrons. The van der Waals surface area contributed by atoms with Crippen LogP contribution in [0.4, 0.5) is 0 Å². The summed E-state index contributed by atoms with van der Waals surface area (Å²) in [5.74, 6) is -0.682. The van der Waals surface area contributed by atoms with Crippen molar-refractivity contribution >= 4 is 25.5 Å². The van der Waals surface area contributed by atoms with E-state index < -0.39 is 11.6 Å². The fraction of sp³-hybridized carbons (Fsp3) is 0.550. The van der Waals surface area contributed by atoms with Crippen molar-refractivity contribution in [2.24, 2.45) is 21.9 Å². The number of aliphatic imine (C=N–C) groups is 1. The van der Waals surface area contributed by atoms with Crippen LogP contribution in [0.15, 0.2) is 35.3 Å². The fourth-order valence-electron chi connectivity index (χ4n) is 3.68. The highest BCUT2D eigenvalue weighted by atomic mass is 16.5. The molecule has 2 amide bonds. The molecule has 10 heteroatoms. The Morgan fingerprint density at radius 1 is 1.17 bits per heavy atom. The van der Waals surface area contributed by atoms with Crippen LogP contribution >= 0.6 is 0 Å². The molecule has 0 unspecified atom stereocenters. The molecule has 0 aliphatic heterocycles. The molecule has 1 aromatic carbocycles. The minimum Gasteiger partial charge on any atom is -0.429 e. The van der Waals surface area contributed by atoms with Crippen molar-refractivity contribution < 1.29 is 19.3 Å². The van der Waals surface area contributed by atoms with Crippen LogP contribution in [0, 0.1) is 5.41 Å². The topological polar surface area (TPSA) is 152 Å². The van der Waals surface area contributed by atoms with Crippen molar-refractivity contribution in [3.05, 3.63) is 35.9 Å². The zero-order valence-corrected chi connectivity index (χ0v) is 17.2. The lowest BCUT2D eigenvalue weighted by atomic mass is 9.72. The Morgan fingerprint density at radius 3 is 2.50 bits per heavy atom. The van der Waals surface area contributed by atoms with E-state index in [0.29, 0.717) is 46.5 Å². The van der Waals surface area contributed by atoms with Gasteiger partial charge in [0.15, 0.2) is 5.96 Å².